The number of amides is 1. The van der Waals surface area contributed by atoms with Crippen molar-refractivity contribution < 1.29 is 9.72 Å². The zero-order valence-electron chi connectivity index (χ0n) is 10.9. The summed E-state index contributed by atoms with van der Waals surface area (Å²) in [5, 5.41) is 16.6. The summed E-state index contributed by atoms with van der Waals surface area (Å²) in [6.45, 7) is 2.95. The number of hydrogen-bond donors (Lipinski definition) is 2. The highest BCUT2D eigenvalue weighted by Gasteiger charge is 2.16. The molecule has 0 radical (unpaired) electrons. The monoisotopic (exact) mass is 283 g/mol. The summed E-state index contributed by atoms with van der Waals surface area (Å²) in [6, 6.07) is 4.33. The van der Waals surface area contributed by atoms with Gasteiger partial charge in [0.25, 0.3) is 11.6 Å². The molecule has 0 unspecified atom stereocenters. The number of anilines is 1. The number of nitro groups is 1. The maximum atomic E-state index is 11.7. The minimum absolute atomic E-state index is 0.0193. The molecular formula is C12H17N3O3S. The van der Waals surface area contributed by atoms with Crippen LogP contribution in [0.4, 0.5) is 11.4 Å². The number of nitrogens with zero attached hydrogens (tertiary/aromatic N) is 1. The van der Waals surface area contributed by atoms with Gasteiger partial charge in [0.15, 0.2) is 0 Å². The van der Waals surface area contributed by atoms with Crippen molar-refractivity contribution >= 4 is 29.0 Å². The van der Waals surface area contributed by atoms with Gasteiger partial charge in [0.2, 0.25) is 0 Å². The molecule has 0 saturated carbocycles. The summed E-state index contributed by atoms with van der Waals surface area (Å²) < 4.78 is 0. The molecule has 0 heterocycles. The van der Waals surface area contributed by atoms with Crippen LogP contribution in [0.2, 0.25) is 0 Å². The molecule has 1 aromatic carbocycles. The molecule has 19 heavy (non-hydrogen) atoms. The molecule has 0 aliphatic carbocycles. The van der Waals surface area contributed by atoms with E-state index in [4.69, 9.17) is 0 Å². The number of nitrogens with one attached hydrogen (secondary N) is 2. The Morgan fingerprint density at radius 2 is 2.21 bits per heavy atom. The van der Waals surface area contributed by atoms with E-state index >= 15 is 0 Å². The van der Waals surface area contributed by atoms with Gasteiger partial charge in [-0.1, -0.05) is 0 Å². The van der Waals surface area contributed by atoms with Crippen LogP contribution in [0.3, 0.4) is 0 Å². The van der Waals surface area contributed by atoms with Crippen LogP contribution >= 0.6 is 11.8 Å². The predicted molar refractivity (Wildman–Crippen MR) is 78.0 cm³/mol. The predicted octanol–water partition coefficient (Wildman–Crippen LogP) is 2.12. The fourth-order valence-corrected chi connectivity index (χ4v) is 1.83. The van der Waals surface area contributed by atoms with E-state index in [9.17, 15) is 14.9 Å². The first-order valence-electron chi connectivity index (χ1n) is 5.89. The Morgan fingerprint density at radius 1 is 1.47 bits per heavy atom. The van der Waals surface area contributed by atoms with Crippen molar-refractivity contribution in [1.82, 2.24) is 5.32 Å². The Hall–Kier alpha value is -1.76. The summed E-state index contributed by atoms with van der Waals surface area (Å²) in [5.74, 6) is 0.605. The van der Waals surface area contributed by atoms with Gasteiger partial charge < -0.3 is 10.6 Å². The van der Waals surface area contributed by atoms with E-state index in [1.54, 1.807) is 11.8 Å². The number of rotatable bonds is 7. The van der Waals surface area contributed by atoms with E-state index in [2.05, 4.69) is 10.6 Å². The SMILES string of the molecule is CCNC(=O)c1ccc([N+](=O)[O-])c(NCCSC)c1. The second-order valence-corrected chi connectivity index (χ2v) is 4.75. The quantitative estimate of drug-likeness (QED) is 0.455. The molecule has 0 spiro atoms. The third-order valence-electron chi connectivity index (χ3n) is 2.41. The van der Waals surface area contributed by atoms with Gasteiger partial charge in [0.1, 0.15) is 5.69 Å². The molecule has 0 fully saturated rings. The van der Waals surface area contributed by atoms with Crippen LogP contribution in [0, 0.1) is 10.1 Å². The topological polar surface area (TPSA) is 84.3 Å². The van der Waals surface area contributed by atoms with Crippen LogP contribution in [0.1, 0.15) is 17.3 Å². The van der Waals surface area contributed by atoms with Gasteiger partial charge in [-0.15, -0.1) is 0 Å². The maximum Gasteiger partial charge on any atom is 0.292 e. The van der Waals surface area contributed by atoms with Crippen molar-refractivity contribution in [3.63, 3.8) is 0 Å². The van der Waals surface area contributed by atoms with Crippen LogP contribution in [0.25, 0.3) is 0 Å². The van der Waals surface area contributed by atoms with Crippen molar-refractivity contribution in [2.75, 3.05) is 30.4 Å². The second kappa shape index (κ2) is 7.63. The number of benzene rings is 1. The van der Waals surface area contributed by atoms with E-state index in [0.717, 1.165) is 5.75 Å². The Balaban J connectivity index is 2.96. The first-order chi connectivity index (χ1) is 9.10. The lowest BCUT2D eigenvalue weighted by Gasteiger charge is -2.08. The summed E-state index contributed by atoms with van der Waals surface area (Å²) >= 11 is 1.64. The standard InChI is InChI=1S/C12H17N3O3S/c1-3-13-12(16)9-4-5-11(15(17)18)10(8-9)14-6-7-19-2/h4-5,8,14H,3,6-7H2,1-2H3,(H,13,16). The first kappa shape index (κ1) is 15.3. The smallest absolute Gasteiger partial charge is 0.292 e. The van der Waals surface area contributed by atoms with Crippen LogP contribution in [-0.4, -0.2) is 35.9 Å². The van der Waals surface area contributed by atoms with E-state index in [1.165, 1.54) is 18.2 Å². The second-order valence-electron chi connectivity index (χ2n) is 3.77. The third-order valence-corrected chi connectivity index (χ3v) is 3.03. The molecule has 0 atom stereocenters. The van der Waals surface area contributed by atoms with Gasteiger partial charge in [-0.05, 0) is 25.3 Å². The van der Waals surface area contributed by atoms with E-state index < -0.39 is 4.92 Å². The van der Waals surface area contributed by atoms with E-state index in [1.807, 2.05) is 13.2 Å². The number of thioether (sulfide) groups is 1. The average molecular weight is 283 g/mol. The van der Waals surface area contributed by atoms with E-state index in [0.29, 0.717) is 24.3 Å². The largest absolute Gasteiger partial charge is 0.379 e. The Morgan fingerprint density at radius 3 is 2.79 bits per heavy atom. The molecule has 0 saturated heterocycles. The Labute approximate surface area is 116 Å². The fourth-order valence-electron chi connectivity index (χ4n) is 1.53. The zero-order chi connectivity index (χ0) is 14.3. The van der Waals surface area contributed by atoms with Gasteiger partial charge in [0, 0.05) is 30.5 Å². The Bertz CT molecular complexity index is 466. The average Bonchev–Trinajstić information content (AvgIpc) is 2.39. The fraction of sp³-hybridized carbons (Fsp3) is 0.417. The molecule has 0 aliphatic heterocycles. The van der Waals surface area contributed by atoms with Crippen molar-refractivity contribution in [2.24, 2.45) is 0 Å². The normalized spacial score (nSPS) is 10.0. The highest BCUT2D eigenvalue weighted by Crippen LogP contribution is 2.25. The first-order valence-corrected chi connectivity index (χ1v) is 7.29. The van der Waals surface area contributed by atoms with Crippen molar-refractivity contribution in [1.29, 1.82) is 0 Å². The highest BCUT2D eigenvalue weighted by atomic mass is 32.2. The zero-order valence-corrected chi connectivity index (χ0v) is 11.8. The van der Waals surface area contributed by atoms with Crippen LogP contribution in [0.15, 0.2) is 18.2 Å². The molecule has 7 heteroatoms. The lowest BCUT2D eigenvalue weighted by atomic mass is 10.1. The summed E-state index contributed by atoms with van der Waals surface area (Å²) in [4.78, 5) is 22.2. The van der Waals surface area contributed by atoms with Gasteiger partial charge in [0.05, 0.1) is 4.92 Å². The Kier molecular flexibility index (Phi) is 6.14. The minimum atomic E-state index is -0.455. The molecule has 1 aromatic rings. The molecule has 1 amide bonds. The van der Waals surface area contributed by atoms with Gasteiger partial charge >= 0.3 is 0 Å². The summed E-state index contributed by atoms with van der Waals surface area (Å²) in [7, 11) is 0. The van der Waals surface area contributed by atoms with Crippen LogP contribution in [0.5, 0.6) is 0 Å². The summed E-state index contributed by atoms with van der Waals surface area (Å²) in [6.07, 6.45) is 1.96. The molecule has 2 N–H and O–H groups in total. The minimum Gasteiger partial charge on any atom is -0.379 e. The van der Waals surface area contributed by atoms with Gasteiger partial charge in [-0.3, -0.25) is 14.9 Å². The molecule has 6 nitrogen and oxygen atoms in total. The summed E-state index contributed by atoms with van der Waals surface area (Å²) in [5.41, 5.74) is 0.774. The third kappa shape index (κ3) is 4.44. The number of carbonyl (C=O) groups is 1. The van der Waals surface area contributed by atoms with Crippen molar-refractivity contribution in [3.8, 4) is 0 Å². The highest BCUT2D eigenvalue weighted by molar-refractivity contribution is 7.98. The molecule has 1 rings (SSSR count). The van der Waals surface area contributed by atoms with Crippen molar-refractivity contribution in [2.45, 2.75) is 6.92 Å². The number of carbonyl (C=O) groups excluding carboxylic acids is 1. The number of nitro benzene ring substituents is 1. The molecule has 0 bridgehead atoms. The van der Waals surface area contributed by atoms with E-state index in [-0.39, 0.29) is 11.6 Å². The van der Waals surface area contributed by atoms with Crippen LogP contribution in [-0.2, 0) is 0 Å². The molecular weight excluding hydrogens is 266 g/mol. The van der Waals surface area contributed by atoms with Crippen LogP contribution < -0.4 is 10.6 Å². The maximum absolute atomic E-state index is 11.7. The number of hydrogen-bond acceptors (Lipinski definition) is 5. The van der Waals surface area contributed by atoms with Gasteiger partial charge in [-0.25, -0.2) is 0 Å². The lowest BCUT2D eigenvalue weighted by Crippen LogP contribution is -2.22. The molecule has 0 aromatic heterocycles. The molecule has 0 aliphatic rings. The van der Waals surface area contributed by atoms with Crippen molar-refractivity contribution in [3.05, 3.63) is 33.9 Å². The molecule has 104 valence electrons. The van der Waals surface area contributed by atoms with Gasteiger partial charge in [-0.2, -0.15) is 11.8 Å². The lowest BCUT2D eigenvalue weighted by molar-refractivity contribution is -0.384.